The van der Waals surface area contributed by atoms with Gasteiger partial charge in [0.25, 0.3) is 5.91 Å². The second kappa shape index (κ2) is 16.1. The molecule has 0 spiro atoms. The molecule has 2 fully saturated rings. The number of fused-ring (bicyclic) bond motifs is 1. The molecule has 0 unspecified atom stereocenters. The maximum absolute atomic E-state index is 13.8. The standard InChI is InChI=1S/C39H42ClN7O7/c1-3-54-30-18-26(12-9-22(30)11-14-31(48)45-28(35(41)51)19-32(49)50)44-38(53)39(15-6-16-39)46-37(52)24-10-13-27-29(17-24)47(2)34(33(27)23-7-4-5-8-23)36-42-20-25(40)21-43-36/h9-14,17-18,20-21,23,28H,3-8,15-16,19H2,1-2H3,(H2,41,51)(H,44,53)(H,45,48)(H,46,52)(H,49,50)/b14-11+/t28-/m0/s1. The number of carboxylic acids is 1. The van der Waals surface area contributed by atoms with Gasteiger partial charge in [-0.1, -0.05) is 30.5 Å². The third kappa shape index (κ3) is 8.08. The molecule has 14 nitrogen and oxygen atoms in total. The number of rotatable bonds is 14. The number of primary amides is 1. The van der Waals surface area contributed by atoms with Gasteiger partial charge in [-0.25, -0.2) is 9.97 Å². The maximum atomic E-state index is 13.8. The number of aliphatic carboxylic acids is 1. The molecule has 2 saturated carbocycles. The Kier molecular flexibility index (Phi) is 11.3. The number of carbonyl (C=O) groups excluding carboxylic acids is 4. The van der Waals surface area contributed by atoms with Crippen molar-refractivity contribution >= 4 is 63.9 Å². The largest absolute Gasteiger partial charge is 0.493 e. The van der Waals surface area contributed by atoms with Crippen LogP contribution in [0.1, 0.15) is 85.7 Å². The lowest BCUT2D eigenvalue weighted by molar-refractivity contribution is -0.139. The minimum atomic E-state index is -1.37. The molecule has 0 saturated heterocycles. The zero-order chi connectivity index (χ0) is 38.6. The van der Waals surface area contributed by atoms with Gasteiger partial charge in [0.15, 0.2) is 5.82 Å². The molecule has 0 bridgehead atoms. The molecule has 15 heteroatoms. The van der Waals surface area contributed by atoms with Crippen molar-refractivity contribution in [3.8, 4) is 17.3 Å². The fourth-order valence-corrected chi connectivity index (χ4v) is 7.33. The molecule has 282 valence electrons. The molecule has 2 aliphatic rings. The predicted molar refractivity (Wildman–Crippen MR) is 203 cm³/mol. The van der Waals surface area contributed by atoms with E-state index in [1.807, 2.05) is 23.7 Å². The van der Waals surface area contributed by atoms with E-state index in [0.29, 0.717) is 52.2 Å². The van der Waals surface area contributed by atoms with E-state index >= 15 is 0 Å². The Bertz CT molecular complexity index is 2140. The van der Waals surface area contributed by atoms with Gasteiger partial charge in [0.2, 0.25) is 17.7 Å². The highest BCUT2D eigenvalue weighted by Crippen LogP contribution is 2.44. The van der Waals surface area contributed by atoms with Crippen molar-refractivity contribution in [3.05, 3.63) is 76.6 Å². The Hall–Kier alpha value is -5.76. The van der Waals surface area contributed by atoms with Crippen LogP contribution in [0.15, 0.2) is 54.9 Å². The first-order valence-corrected chi connectivity index (χ1v) is 18.3. The van der Waals surface area contributed by atoms with E-state index in [4.69, 9.17) is 27.2 Å². The van der Waals surface area contributed by atoms with Crippen molar-refractivity contribution in [2.24, 2.45) is 12.8 Å². The third-order valence-corrected chi connectivity index (χ3v) is 10.3. The van der Waals surface area contributed by atoms with Crippen molar-refractivity contribution in [2.75, 3.05) is 11.9 Å². The summed E-state index contributed by atoms with van der Waals surface area (Å²) in [7, 11) is 1.95. The normalized spacial score (nSPS) is 15.8. The number of aryl methyl sites for hydroxylation is 1. The van der Waals surface area contributed by atoms with Crippen LogP contribution >= 0.6 is 11.6 Å². The van der Waals surface area contributed by atoms with Crippen LogP contribution in [0.2, 0.25) is 5.02 Å². The second-order valence-electron chi connectivity index (χ2n) is 13.7. The molecule has 0 radical (unpaired) electrons. The Labute approximate surface area is 316 Å². The molecule has 4 amide bonds. The van der Waals surface area contributed by atoms with E-state index in [1.165, 1.54) is 11.6 Å². The number of hydrogen-bond acceptors (Lipinski definition) is 8. The summed E-state index contributed by atoms with van der Waals surface area (Å²) in [6, 6.07) is 9.14. The number of anilines is 1. The first-order valence-electron chi connectivity index (χ1n) is 17.9. The van der Waals surface area contributed by atoms with Crippen molar-refractivity contribution in [2.45, 2.75) is 75.8 Å². The zero-order valence-electron chi connectivity index (χ0n) is 30.0. The predicted octanol–water partition coefficient (Wildman–Crippen LogP) is 5.09. The fraction of sp³-hybridized carbons (Fsp3) is 0.359. The minimum Gasteiger partial charge on any atom is -0.493 e. The summed E-state index contributed by atoms with van der Waals surface area (Å²) in [4.78, 5) is 71.6. The van der Waals surface area contributed by atoms with E-state index in [1.54, 1.807) is 43.6 Å². The minimum absolute atomic E-state index is 0.286. The highest BCUT2D eigenvalue weighted by Gasteiger charge is 2.45. The maximum Gasteiger partial charge on any atom is 0.305 e. The summed E-state index contributed by atoms with van der Waals surface area (Å²) in [6.45, 7) is 2.07. The molecule has 2 heterocycles. The number of ether oxygens (including phenoxy) is 1. The van der Waals surface area contributed by atoms with Crippen LogP contribution in [-0.2, 0) is 26.2 Å². The number of nitrogens with zero attached hydrogens (tertiary/aromatic N) is 3. The smallest absolute Gasteiger partial charge is 0.305 e. The number of carboxylic acid groups (broad SMARTS) is 1. The van der Waals surface area contributed by atoms with Gasteiger partial charge in [-0.15, -0.1) is 0 Å². The number of amides is 4. The molecular formula is C39H42ClN7O7. The Morgan fingerprint density at radius 3 is 2.43 bits per heavy atom. The van der Waals surface area contributed by atoms with E-state index < -0.39 is 35.8 Å². The van der Waals surface area contributed by atoms with Gasteiger partial charge in [-0.2, -0.15) is 0 Å². The van der Waals surface area contributed by atoms with Gasteiger partial charge in [0.1, 0.15) is 17.3 Å². The Morgan fingerprint density at radius 2 is 1.80 bits per heavy atom. The first-order chi connectivity index (χ1) is 25.9. The molecular weight excluding hydrogens is 714 g/mol. The summed E-state index contributed by atoms with van der Waals surface area (Å²) >= 11 is 6.11. The number of nitrogens with one attached hydrogen (secondary N) is 3. The van der Waals surface area contributed by atoms with Crippen LogP contribution in [0, 0.1) is 0 Å². The van der Waals surface area contributed by atoms with Crippen LogP contribution in [0.5, 0.6) is 5.75 Å². The van der Waals surface area contributed by atoms with Gasteiger partial charge >= 0.3 is 5.97 Å². The molecule has 1 atom stereocenters. The quantitative estimate of drug-likeness (QED) is 0.108. The Morgan fingerprint density at radius 1 is 1.07 bits per heavy atom. The SMILES string of the molecule is CCOc1cc(NC(=O)C2(NC(=O)c3ccc4c(C5CCCC5)c(-c5ncc(Cl)cn5)n(C)c4c3)CCC2)ccc1/C=C/C(=O)N[C@@H](CC(=O)O)C(N)=O. The van der Waals surface area contributed by atoms with Crippen molar-refractivity contribution < 1.29 is 33.8 Å². The highest BCUT2D eigenvalue weighted by molar-refractivity contribution is 6.30. The van der Waals surface area contributed by atoms with Crippen LogP contribution in [0.3, 0.4) is 0 Å². The number of benzene rings is 2. The number of carbonyl (C=O) groups is 5. The number of hydrogen-bond donors (Lipinski definition) is 5. The Balaban J connectivity index is 1.19. The molecule has 54 heavy (non-hydrogen) atoms. The number of aromatic nitrogens is 3. The summed E-state index contributed by atoms with van der Waals surface area (Å²) in [5.74, 6) is -2.43. The van der Waals surface area contributed by atoms with Gasteiger partial charge < -0.3 is 36.1 Å². The van der Waals surface area contributed by atoms with Gasteiger partial charge in [0.05, 0.1) is 23.7 Å². The van der Waals surface area contributed by atoms with Gasteiger partial charge in [-0.05, 0) is 80.9 Å². The van der Waals surface area contributed by atoms with Crippen LogP contribution in [0.25, 0.3) is 28.5 Å². The molecule has 2 aromatic heterocycles. The summed E-state index contributed by atoms with van der Waals surface area (Å²) in [5, 5.41) is 18.7. The van der Waals surface area contributed by atoms with E-state index in [9.17, 15) is 24.0 Å². The average Bonchev–Trinajstić information content (AvgIpc) is 3.75. The van der Waals surface area contributed by atoms with Crippen molar-refractivity contribution in [3.63, 3.8) is 0 Å². The van der Waals surface area contributed by atoms with Crippen LogP contribution in [-0.4, -0.2) is 67.4 Å². The lowest BCUT2D eigenvalue weighted by atomic mass is 9.75. The van der Waals surface area contributed by atoms with Crippen molar-refractivity contribution in [1.82, 2.24) is 25.2 Å². The van der Waals surface area contributed by atoms with Gasteiger partial charge in [-0.3, -0.25) is 24.0 Å². The van der Waals surface area contributed by atoms with Crippen LogP contribution in [0.4, 0.5) is 5.69 Å². The molecule has 2 aliphatic carbocycles. The highest BCUT2D eigenvalue weighted by atomic mass is 35.5. The second-order valence-corrected chi connectivity index (χ2v) is 14.1. The van der Waals surface area contributed by atoms with Crippen molar-refractivity contribution in [1.29, 1.82) is 0 Å². The lowest BCUT2D eigenvalue weighted by Gasteiger charge is -2.40. The monoisotopic (exact) mass is 755 g/mol. The molecule has 6 rings (SSSR count). The fourth-order valence-electron chi connectivity index (χ4n) is 7.23. The van der Waals surface area contributed by atoms with E-state index in [0.717, 1.165) is 54.8 Å². The average molecular weight is 756 g/mol. The topological polar surface area (TPSA) is 208 Å². The molecule has 2 aromatic carbocycles. The molecule has 4 aromatic rings. The first kappa shape index (κ1) is 38.0. The number of halogens is 1. The zero-order valence-corrected chi connectivity index (χ0v) is 30.7. The van der Waals surface area contributed by atoms with Crippen LogP contribution < -0.4 is 26.4 Å². The summed E-state index contributed by atoms with van der Waals surface area (Å²) < 4.78 is 7.80. The third-order valence-electron chi connectivity index (χ3n) is 10.1. The van der Waals surface area contributed by atoms with E-state index in [-0.39, 0.29) is 18.4 Å². The van der Waals surface area contributed by atoms with Gasteiger partial charge in [0, 0.05) is 59.3 Å². The van der Waals surface area contributed by atoms with E-state index in [2.05, 4.69) is 25.9 Å². The lowest BCUT2D eigenvalue weighted by Crippen LogP contribution is -2.61. The molecule has 0 aliphatic heterocycles. The molecule has 6 N–H and O–H groups in total. The number of nitrogens with two attached hydrogens (primary N) is 1. The summed E-state index contributed by atoms with van der Waals surface area (Å²) in [5.41, 5.74) is 8.38. The summed E-state index contributed by atoms with van der Waals surface area (Å²) in [6.07, 6.45) is 11.2.